The van der Waals surface area contributed by atoms with Crippen LogP contribution in [0, 0.1) is 0 Å². The Kier molecular flexibility index (Phi) is 6.25. The van der Waals surface area contributed by atoms with Gasteiger partial charge in [0.2, 0.25) is 0 Å². The number of thiophene rings is 1. The van der Waals surface area contributed by atoms with E-state index < -0.39 is 5.97 Å². The van der Waals surface area contributed by atoms with E-state index in [-0.39, 0.29) is 40.9 Å². The first-order valence-electron chi connectivity index (χ1n) is 8.10. The van der Waals surface area contributed by atoms with Crippen molar-refractivity contribution >= 4 is 39.3 Å². The molecule has 5 nitrogen and oxygen atoms in total. The van der Waals surface area contributed by atoms with Crippen LogP contribution in [0.4, 0.5) is 0 Å². The second-order valence-corrected chi connectivity index (χ2v) is 7.95. The molecule has 0 amide bonds. The van der Waals surface area contributed by atoms with Gasteiger partial charge in [0.25, 0.3) is 5.56 Å². The Hall–Kier alpha value is -1.12. The summed E-state index contributed by atoms with van der Waals surface area (Å²) in [5, 5.41) is 12.0. The van der Waals surface area contributed by atoms with Crippen LogP contribution in [0.25, 0.3) is 15.9 Å². The number of aryl methyl sites for hydroxylation is 2. The summed E-state index contributed by atoms with van der Waals surface area (Å²) in [7, 11) is 0. The molecule has 0 atom stereocenters. The Morgan fingerprint density at radius 3 is 2.69 bits per heavy atom. The Bertz CT molecular complexity index is 1010. The van der Waals surface area contributed by atoms with E-state index in [2.05, 4.69) is 4.98 Å². The summed E-state index contributed by atoms with van der Waals surface area (Å²) in [4.78, 5) is 30.8. The number of benzene rings is 1. The van der Waals surface area contributed by atoms with Crippen molar-refractivity contribution in [2.75, 3.05) is 5.75 Å². The number of carbonyl (C=O) groups excluding carboxylic acids is 1. The summed E-state index contributed by atoms with van der Waals surface area (Å²) >= 11 is 2.59. The van der Waals surface area contributed by atoms with Crippen LogP contribution in [0.2, 0.25) is 0 Å². The third-order valence-corrected chi connectivity index (χ3v) is 6.39. The standard InChI is InChI=1S/C18H16N2O3S2.Na/c21-14(22)10-24-18-19-16-15(12-8-4-5-9-13(12)25-16)17(23)20(18)11-6-2-1-3-7-11;/h1-3,6-7H,4-5,8-10H2,(H,21,22);/q;+1/p-1. The number of aliphatic carboxylic acids is 1. The Balaban J connectivity index is 0.00000196. The summed E-state index contributed by atoms with van der Waals surface area (Å²) in [6, 6.07) is 9.24. The van der Waals surface area contributed by atoms with Gasteiger partial charge in [-0.15, -0.1) is 11.3 Å². The second-order valence-electron chi connectivity index (χ2n) is 5.92. The number of carbonyl (C=O) groups is 1. The number of carboxylic acid groups (broad SMARTS) is 1. The van der Waals surface area contributed by atoms with Gasteiger partial charge in [0.05, 0.1) is 17.0 Å². The second kappa shape index (κ2) is 8.27. The van der Waals surface area contributed by atoms with Crippen molar-refractivity contribution in [3.63, 3.8) is 0 Å². The molecule has 0 spiro atoms. The van der Waals surface area contributed by atoms with E-state index in [9.17, 15) is 14.7 Å². The van der Waals surface area contributed by atoms with Crippen LogP contribution in [0.15, 0.2) is 40.3 Å². The van der Waals surface area contributed by atoms with Crippen molar-refractivity contribution in [3.8, 4) is 5.69 Å². The minimum Gasteiger partial charge on any atom is -0.549 e. The van der Waals surface area contributed by atoms with Crippen molar-refractivity contribution in [2.24, 2.45) is 0 Å². The third-order valence-electron chi connectivity index (χ3n) is 4.29. The number of rotatable bonds is 4. The van der Waals surface area contributed by atoms with Gasteiger partial charge in [-0.05, 0) is 43.4 Å². The summed E-state index contributed by atoms with van der Waals surface area (Å²) in [6.07, 6.45) is 4.12. The first-order chi connectivity index (χ1) is 12.1. The van der Waals surface area contributed by atoms with Crippen LogP contribution in [0.3, 0.4) is 0 Å². The molecule has 0 unspecified atom stereocenters. The number of aromatic nitrogens is 2. The molecule has 128 valence electrons. The minimum atomic E-state index is -1.18. The van der Waals surface area contributed by atoms with E-state index in [1.807, 2.05) is 30.3 Å². The van der Waals surface area contributed by atoms with Gasteiger partial charge < -0.3 is 9.90 Å². The Morgan fingerprint density at radius 1 is 1.23 bits per heavy atom. The smallest absolute Gasteiger partial charge is 0.549 e. The van der Waals surface area contributed by atoms with Gasteiger partial charge in [-0.1, -0.05) is 30.0 Å². The van der Waals surface area contributed by atoms with Gasteiger partial charge in [-0.25, -0.2) is 4.98 Å². The molecule has 0 N–H and O–H groups in total. The van der Waals surface area contributed by atoms with Crippen LogP contribution in [-0.2, 0) is 17.6 Å². The minimum absolute atomic E-state index is 0. The molecule has 0 saturated carbocycles. The molecule has 1 aliphatic carbocycles. The fourth-order valence-electron chi connectivity index (χ4n) is 3.21. The molecule has 1 aliphatic rings. The average molecular weight is 394 g/mol. The quantitative estimate of drug-likeness (QED) is 0.328. The SMILES string of the molecule is O=C([O-])CSc1nc2sc3c(c2c(=O)n1-c1ccccc1)CCCC3.[Na+]. The predicted molar refractivity (Wildman–Crippen MR) is 97.6 cm³/mol. The van der Waals surface area contributed by atoms with Gasteiger partial charge in [-0.2, -0.15) is 0 Å². The Morgan fingerprint density at radius 2 is 1.96 bits per heavy atom. The van der Waals surface area contributed by atoms with Crippen LogP contribution in [0.5, 0.6) is 0 Å². The summed E-state index contributed by atoms with van der Waals surface area (Å²) in [6.45, 7) is 0. The van der Waals surface area contributed by atoms with Gasteiger partial charge >= 0.3 is 29.6 Å². The van der Waals surface area contributed by atoms with E-state index in [0.29, 0.717) is 21.1 Å². The third kappa shape index (κ3) is 3.64. The van der Waals surface area contributed by atoms with Crippen molar-refractivity contribution < 1.29 is 39.5 Å². The molecular formula is C18H15N2NaO3S2. The normalized spacial score (nSPS) is 13.2. The molecule has 1 aromatic carbocycles. The molecule has 0 radical (unpaired) electrons. The molecule has 0 aliphatic heterocycles. The van der Waals surface area contributed by atoms with Crippen LogP contribution in [0.1, 0.15) is 23.3 Å². The summed E-state index contributed by atoms with van der Waals surface area (Å²) < 4.78 is 1.53. The molecule has 2 aromatic heterocycles. The maximum Gasteiger partial charge on any atom is 1.00 e. The molecule has 0 fully saturated rings. The van der Waals surface area contributed by atoms with Crippen LogP contribution < -0.4 is 40.2 Å². The number of hydrogen-bond donors (Lipinski definition) is 0. The van der Waals surface area contributed by atoms with Crippen molar-refractivity contribution in [3.05, 3.63) is 51.1 Å². The van der Waals surface area contributed by atoms with E-state index >= 15 is 0 Å². The summed E-state index contributed by atoms with van der Waals surface area (Å²) in [5.41, 5.74) is 1.71. The first kappa shape index (κ1) is 19.6. The average Bonchev–Trinajstić information content (AvgIpc) is 2.99. The van der Waals surface area contributed by atoms with Crippen LogP contribution in [-0.4, -0.2) is 21.3 Å². The van der Waals surface area contributed by atoms with Crippen molar-refractivity contribution in [1.29, 1.82) is 0 Å². The predicted octanol–water partition coefficient (Wildman–Crippen LogP) is -0.828. The van der Waals surface area contributed by atoms with E-state index in [0.717, 1.165) is 43.0 Å². The molecule has 0 bridgehead atoms. The van der Waals surface area contributed by atoms with Gasteiger partial charge in [0, 0.05) is 10.6 Å². The molecule has 2 heterocycles. The number of thioether (sulfide) groups is 1. The number of para-hydroxylation sites is 1. The van der Waals surface area contributed by atoms with Crippen molar-refractivity contribution in [1.82, 2.24) is 9.55 Å². The zero-order valence-electron chi connectivity index (χ0n) is 14.4. The molecule has 3 aromatic rings. The van der Waals surface area contributed by atoms with E-state index in [1.165, 1.54) is 9.44 Å². The fraction of sp³-hybridized carbons (Fsp3) is 0.278. The first-order valence-corrected chi connectivity index (χ1v) is 9.90. The molecule has 0 saturated heterocycles. The van der Waals surface area contributed by atoms with Gasteiger partial charge in [0.1, 0.15) is 4.83 Å². The number of hydrogen-bond acceptors (Lipinski definition) is 6. The number of fused-ring (bicyclic) bond motifs is 3. The van der Waals surface area contributed by atoms with Crippen molar-refractivity contribution in [2.45, 2.75) is 30.8 Å². The van der Waals surface area contributed by atoms with Gasteiger partial charge in [-0.3, -0.25) is 9.36 Å². The zero-order chi connectivity index (χ0) is 17.4. The van der Waals surface area contributed by atoms with E-state index in [1.54, 1.807) is 11.3 Å². The molecule has 8 heteroatoms. The maximum atomic E-state index is 13.3. The zero-order valence-corrected chi connectivity index (χ0v) is 18.0. The molecule has 4 rings (SSSR count). The largest absolute Gasteiger partial charge is 1.00 e. The summed E-state index contributed by atoms with van der Waals surface area (Å²) in [5.74, 6) is -1.42. The van der Waals surface area contributed by atoms with Crippen LogP contribution >= 0.6 is 23.1 Å². The van der Waals surface area contributed by atoms with Gasteiger partial charge in [0.15, 0.2) is 5.16 Å². The topological polar surface area (TPSA) is 75.0 Å². The maximum absolute atomic E-state index is 13.3. The van der Waals surface area contributed by atoms with E-state index in [4.69, 9.17) is 0 Å². The monoisotopic (exact) mass is 394 g/mol. The number of nitrogens with zero attached hydrogens (tertiary/aromatic N) is 2. The number of carboxylic acids is 1. The molecule has 26 heavy (non-hydrogen) atoms. The fourth-order valence-corrected chi connectivity index (χ4v) is 5.24. The molecular weight excluding hydrogens is 379 g/mol. The Labute approximate surface area is 180 Å².